The number of hydrogen-bond acceptors (Lipinski definition) is 5. The van der Waals surface area contributed by atoms with Crippen LogP contribution in [0.5, 0.6) is 0 Å². The molecule has 0 unspecified atom stereocenters. The van der Waals surface area contributed by atoms with Crippen LogP contribution in [-0.2, 0) is 0 Å². The first kappa shape index (κ1) is 13.5. The zero-order chi connectivity index (χ0) is 14.0. The summed E-state index contributed by atoms with van der Waals surface area (Å²) in [4.78, 5) is 12.9. The normalized spacial score (nSPS) is 10.5. The fourth-order valence-electron chi connectivity index (χ4n) is 1.72. The van der Waals surface area contributed by atoms with Gasteiger partial charge < -0.3 is 5.73 Å². The summed E-state index contributed by atoms with van der Waals surface area (Å²) in [6.07, 6.45) is 3.51. The van der Waals surface area contributed by atoms with E-state index in [-0.39, 0.29) is 5.84 Å². The lowest BCUT2D eigenvalue weighted by molar-refractivity contribution is 0.939. The first-order chi connectivity index (χ1) is 8.97. The second kappa shape index (κ2) is 5.36. The highest BCUT2D eigenvalue weighted by atomic mass is 32.2. The highest BCUT2D eigenvalue weighted by molar-refractivity contribution is 7.99. The van der Waals surface area contributed by atoms with Gasteiger partial charge in [0, 0.05) is 18.1 Å². The van der Waals surface area contributed by atoms with E-state index in [0.717, 1.165) is 16.8 Å². The third-order valence-corrected chi connectivity index (χ3v) is 3.41. The Bertz CT molecular complexity index is 622. The van der Waals surface area contributed by atoms with Crippen molar-refractivity contribution in [2.45, 2.75) is 31.0 Å². The number of aryl methyl sites for hydroxylation is 3. The highest BCUT2D eigenvalue weighted by Gasteiger charge is 2.14. The van der Waals surface area contributed by atoms with E-state index in [1.807, 2.05) is 26.8 Å². The van der Waals surface area contributed by atoms with Crippen LogP contribution in [-0.4, -0.2) is 20.8 Å². The van der Waals surface area contributed by atoms with Crippen LogP contribution in [0, 0.1) is 26.2 Å². The summed E-state index contributed by atoms with van der Waals surface area (Å²) in [6, 6.07) is 1.91. The van der Waals surface area contributed by atoms with Gasteiger partial charge in [-0.15, -0.1) is 0 Å². The van der Waals surface area contributed by atoms with Crippen LogP contribution >= 0.6 is 11.8 Å². The molecule has 0 fully saturated rings. The van der Waals surface area contributed by atoms with Crippen LogP contribution in [0.15, 0.2) is 28.6 Å². The molecule has 2 aromatic heterocycles. The summed E-state index contributed by atoms with van der Waals surface area (Å²) >= 11 is 1.33. The first-order valence-electron chi connectivity index (χ1n) is 5.76. The maximum atomic E-state index is 7.67. The molecule has 0 spiro atoms. The van der Waals surface area contributed by atoms with Gasteiger partial charge in [-0.05, 0) is 49.7 Å². The number of nitrogen functional groups attached to an aromatic ring is 1. The molecule has 2 rings (SSSR count). The minimum atomic E-state index is 0.0135. The first-order valence-corrected chi connectivity index (χ1v) is 6.58. The van der Waals surface area contributed by atoms with Gasteiger partial charge in [0.25, 0.3) is 0 Å². The van der Waals surface area contributed by atoms with Crippen molar-refractivity contribution in [1.82, 2.24) is 15.0 Å². The lowest BCUT2D eigenvalue weighted by Crippen LogP contribution is -2.15. The number of aromatic nitrogens is 3. The lowest BCUT2D eigenvalue weighted by Gasteiger charge is -2.10. The van der Waals surface area contributed by atoms with E-state index in [1.165, 1.54) is 11.8 Å². The van der Waals surface area contributed by atoms with Gasteiger partial charge in [-0.1, -0.05) is 0 Å². The fraction of sp³-hybridized carbons (Fsp3) is 0.231. The molecule has 0 aliphatic carbocycles. The van der Waals surface area contributed by atoms with E-state index in [2.05, 4.69) is 15.0 Å². The second-order valence-corrected chi connectivity index (χ2v) is 5.28. The van der Waals surface area contributed by atoms with Gasteiger partial charge in [0.2, 0.25) is 0 Å². The number of nitrogens with one attached hydrogen (secondary N) is 1. The summed E-state index contributed by atoms with van der Waals surface area (Å²) in [5.74, 6) is 0.0135. The van der Waals surface area contributed by atoms with E-state index in [1.54, 1.807) is 12.4 Å². The Hall–Kier alpha value is -1.95. The van der Waals surface area contributed by atoms with Crippen molar-refractivity contribution in [3.8, 4) is 0 Å². The molecule has 6 heteroatoms. The van der Waals surface area contributed by atoms with Crippen LogP contribution < -0.4 is 5.73 Å². The van der Waals surface area contributed by atoms with Gasteiger partial charge in [-0.3, -0.25) is 5.41 Å². The zero-order valence-corrected chi connectivity index (χ0v) is 11.9. The van der Waals surface area contributed by atoms with Crippen LogP contribution in [0.3, 0.4) is 0 Å². The number of nitrogens with two attached hydrogens (primary N) is 1. The Kier molecular flexibility index (Phi) is 3.80. The number of amidine groups is 1. The fourth-order valence-corrected chi connectivity index (χ4v) is 2.67. The largest absolute Gasteiger partial charge is 0.384 e. The molecule has 0 atom stereocenters. The van der Waals surface area contributed by atoms with Gasteiger partial charge in [0.05, 0.1) is 5.56 Å². The predicted octanol–water partition coefficient (Wildman–Crippen LogP) is 2.23. The Morgan fingerprint density at radius 2 is 1.84 bits per heavy atom. The van der Waals surface area contributed by atoms with Crippen molar-refractivity contribution < 1.29 is 0 Å². The molecule has 2 heterocycles. The molecule has 5 nitrogen and oxygen atoms in total. The molecule has 0 aromatic carbocycles. The number of pyridine rings is 1. The quantitative estimate of drug-likeness (QED) is 0.508. The maximum Gasteiger partial charge on any atom is 0.193 e. The summed E-state index contributed by atoms with van der Waals surface area (Å²) in [5, 5.41) is 8.95. The Labute approximate surface area is 116 Å². The Balaban J connectivity index is 2.44. The van der Waals surface area contributed by atoms with E-state index >= 15 is 0 Å². The standard InChI is InChI=1S/C13H15N5S/c1-7-5-16-13(17-6-7)19-12-10(11(14)15)8(2)4-9(3)18-12/h4-6H,1-3H3,(H3,14,15). The topological polar surface area (TPSA) is 88.5 Å². The van der Waals surface area contributed by atoms with Gasteiger partial charge in [0.15, 0.2) is 5.16 Å². The van der Waals surface area contributed by atoms with Gasteiger partial charge >= 0.3 is 0 Å². The molecule has 2 aromatic rings. The highest BCUT2D eigenvalue weighted by Crippen LogP contribution is 2.28. The lowest BCUT2D eigenvalue weighted by atomic mass is 10.1. The molecule has 0 bridgehead atoms. The molecule has 98 valence electrons. The third-order valence-electron chi connectivity index (χ3n) is 2.53. The van der Waals surface area contributed by atoms with Gasteiger partial charge in [0.1, 0.15) is 10.9 Å². The zero-order valence-electron chi connectivity index (χ0n) is 11.1. The van der Waals surface area contributed by atoms with Crippen molar-refractivity contribution >= 4 is 17.6 Å². The predicted molar refractivity (Wildman–Crippen MR) is 75.6 cm³/mol. The molecular weight excluding hydrogens is 258 g/mol. The molecule has 3 N–H and O–H groups in total. The van der Waals surface area contributed by atoms with Crippen molar-refractivity contribution in [3.05, 3.63) is 40.8 Å². The number of nitrogens with zero attached hydrogens (tertiary/aromatic N) is 3. The van der Waals surface area contributed by atoms with Crippen molar-refractivity contribution in [3.63, 3.8) is 0 Å². The van der Waals surface area contributed by atoms with Crippen molar-refractivity contribution in [2.24, 2.45) is 5.73 Å². The van der Waals surface area contributed by atoms with Crippen molar-refractivity contribution in [1.29, 1.82) is 5.41 Å². The number of rotatable bonds is 3. The van der Waals surface area contributed by atoms with Crippen molar-refractivity contribution in [2.75, 3.05) is 0 Å². The molecule has 0 saturated carbocycles. The number of hydrogen-bond donors (Lipinski definition) is 2. The van der Waals surface area contributed by atoms with Crippen LogP contribution in [0.4, 0.5) is 0 Å². The molecule has 0 amide bonds. The second-order valence-electron chi connectivity index (χ2n) is 4.32. The monoisotopic (exact) mass is 273 g/mol. The summed E-state index contributed by atoms with van der Waals surface area (Å²) in [5.41, 5.74) is 9.11. The summed E-state index contributed by atoms with van der Waals surface area (Å²) in [6.45, 7) is 5.77. The molecule has 0 saturated heterocycles. The average molecular weight is 273 g/mol. The molecule has 0 radical (unpaired) electrons. The van der Waals surface area contributed by atoms with E-state index < -0.39 is 0 Å². The molecular formula is C13H15N5S. The smallest absolute Gasteiger partial charge is 0.193 e. The van der Waals surface area contributed by atoms with E-state index in [9.17, 15) is 0 Å². The van der Waals surface area contributed by atoms with Crippen LogP contribution in [0.25, 0.3) is 0 Å². The van der Waals surface area contributed by atoms with Crippen LogP contribution in [0.1, 0.15) is 22.4 Å². The van der Waals surface area contributed by atoms with E-state index in [4.69, 9.17) is 11.1 Å². The average Bonchev–Trinajstić information content (AvgIpc) is 2.30. The summed E-state index contributed by atoms with van der Waals surface area (Å²) < 4.78 is 0. The maximum absolute atomic E-state index is 7.67. The minimum absolute atomic E-state index is 0.0135. The Morgan fingerprint density at radius 1 is 1.21 bits per heavy atom. The Morgan fingerprint density at radius 3 is 2.42 bits per heavy atom. The minimum Gasteiger partial charge on any atom is -0.384 e. The van der Waals surface area contributed by atoms with E-state index in [0.29, 0.717) is 15.7 Å². The molecule has 0 aliphatic rings. The van der Waals surface area contributed by atoms with Crippen LogP contribution in [0.2, 0.25) is 0 Å². The molecule has 19 heavy (non-hydrogen) atoms. The molecule has 0 aliphatic heterocycles. The SMILES string of the molecule is Cc1cnc(Sc2nc(C)cc(C)c2C(=N)N)nc1. The summed E-state index contributed by atoms with van der Waals surface area (Å²) in [7, 11) is 0. The van der Waals surface area contributed by atoms with Gasteiger partial charge in [-0.2, -0.15) is 0 Å². The van der Waals surface area contributed by atoms with Gasteiger partial charge in [-0.25, -0.2) is 15.0 Å². The third kappa shape index (κ3) is 3.08.